The van der Waals surface area contributed by atoms with Gasteiger partial charge in [-0.05, 0) is 43.9 Å². The van der Waals surface area contributed by atoms with E-state index in [1.54, 1.807) is 0 Å². The van der Waals surface area contributed by atoms with Gasteiger partial charge in [0.1, 0.15) is 5.54 Å². The average molecular weight is 387 g/mol. The molecule has 1 saturated carbocycles. The fourth-order valence-electron chi connectivity index (χ4n) is 4.17. The van der Waals surface area contributed by atoms with Crippen molar-refractivity contribution < 1.29 is 23.9 Å². The first-order valence-corrected chi connectivity index (χ1v) is 9.81. The third kappa shape index (κ3) is 3.39. The van der Waals surface area contributed by atoms with Gasteiger partial charge in [0, 0.05) is 13.0 Å². The van der Waals surface area contributed by atoms with Crippen LogP contribution in [0.4, 0.5) is 4.79 Å². The first-order valence-electron chi connectivity index (χ1n) is 9.81. The Kier molecular flexibility index (Phi) is 4.87. The van der Waals surface area contributed by atoms with Crippen LogP contribution < -0.4 is 20.1 Å². The van der Waals surface area contributed by atoms with Gasteiger partial charge in [-0.15, -0.1) is 0 Å². The molecule has 4 rings (SSSR count). The van der Waals surface area contributed by atoms with Crippen LogP contribution in [-0.2, 0) is 9.59 Å². The van der Waals surface area contributed by atoms with Crippen LogP contribution in [0.15, 0.2) is 18.2 Å². The lowest BCUT2D eigenvalue weighted by molar-refractivity contribution is -0.131. The molecule has 150 valence electrons. The molecular formula is C20H25N3O5. The summed E-state index contributed by atoms with van der Waals surface area (Å²) < 4.78 is 10.7. The maximum atomic E-state index is 12.6. The number of rotatable bonds is 6. The molecule has 4 amide bonds. The SMILES string of the molecule is CC(NC(=O)CCCN1C(=O)NC2(CCCC2)C1=O)c1ccc2c(c1)OCO2. The minimum Gasteiger partial charge on any atom is -0.454 e. The van der Waals surface area contributed by atoms with Gasteiger partial charge in [-0.3, -0.25) is 14.5 Å². The van der Waals surface area contributed by atoms with Crippen molar-refractivity contribution in [2.75, 3.05) is 13.3 Å². The second-order valence-electron chi connectivity index (χ2n) is 7.68. The zero-order valence-electron chi connectivity index (χ0n) is 16.0. The number of nitrogens with one attached hydrogen (secondary N) is 2. The summed E-state index contributed by atoms with van der Waals surface area (Å²) in [6.45, 7) is 2.37. The summed E-state index contributed by atoms with van der Waals surface area (Å²) in [4.78, 5) is 38.3. The van der Waals surface area contributed by atoms with Gasteiger partial charge in [-0.2, -0.15) is 0 Å². The third-order valence-electron chi connectivity index (χ3n) is 5.76. The van der Waals surface area contributed by atoms with Crippen molar-refractivity contribution in [1.29, 1.82) is 0 Å². The summed E-state index contributed by atoms with van der Waals surface area (Å²) in [6, 6.07) is 5.08. The minimum absolute atomic E-state index is 0.118. The van der Waals surface area contributed by atoms with E-state index >= 15 is 0 Å². The van der Waals surface area contributed by atoms with Crippen molar-refractivity contribution in [2.24, 2.45) is 0 Å². The zero-order valence-corrected chi connectivity index (χ0v) is 16.0. The van der Waals surface area contributed by atoms with Gasteiger partial charge in [0.2, 0.25) is 12.7 Å². The van der Waals surface area contributed by atoms with Gasteiger partial charge in [0.05, 0.1) is 6.04 Å². The lowest BCUT2D eigenvalue weighted by Gasteiger charge is -2.20. The zero-order chi connectivity index (χ0) is 19.7. The van der Waals surface area contributed by atoms with Crippen LogP contribution in [0, 0.1) is 0 Å². The normalized spacial score (nSPS) is 20.5. The van der Waals surface area contributed by atoms with Crippen LogP contribution in [-0.4, -0.2) is 41.6 Å². The smallest absolute Gasteiger partial charge is 0.325 e. The van der Waals surface area contributed by atoms with Gasteiger partial charge in [-0.25, -0.2) is 4.79 Å². The van der Waals surface area contributed by atoms with Gasteiger partial charge >= 0.3 is 6.03 Å². The second-order valence-corrected chi connectivity index (χ2v) is 7.68. The molecule has 0 radical (unpaired) electrons. The lowest BCUT2D eigenvalue weighted by Crippen LogP contribution is -2.44. The highest BCUT2D eigenvalue weighted by Gasteiger charge is 2.52. The number of imide groups is 1. The standard InChI is InChI=1S/C20H25N3O5/c1-13(14-6-7-15-16(11-14)28-12-27-15)21-17(24)5-4-10-23-18(25)20(22-19(23)26)8-2-3-9-20/h6-7,11,13H,2-5,8-10,12H2,1H3,(H,21,24)(H,22,26). The van der Waals surface area contributed by atoms with Crippen LogP contribution in [0.1, 0.15) is 57.1 Å². The summed E-state index contributed by atoms with van der Waals surface area (Å²) >= 11 is 0. The Bertz CT molecular complexity index is 803. The quantitative estimate of drug-likeness (QED) is 0.730. The molecule has 2 N–H and O–H groups in total. The number of fused-ring (bicyclic) bond motifs is 1. The maximum Gasteiger partial charge on any atom is 0.325 e. The highest BCUT2D eigenvalue weighted by Crippen LogP contribution is 2.35. The van der Waals surface area contributed by atoms with Gasteiger partial charge in [0.25, 0.3) is 5.91 Å². The van der Waals surface area contributed by atoms with Crippen molar-refractivity contribution in [3.05, 3.63) is 23.8 Å². The van der Waals surface area contributed by atoms with Crippen LogP contribution in [0.25, 0.3) is 0 Å². The predicted octanol–water partition coefficient (Wildman–Crippen LogP) is 2.24. The monoisotopic (exact) mass is 387 g/mol. The number of hydrogen-bond donors (Lipinski definition) is 2. The largest absolute Gasteiger partial charge is 0.454 e. The van der Waals surface area contributed by atoms with E-state index in [-0.39, 0.29) is 43.6 Å². The van der Waals surface area contributed by atoms with Crippen molar-refractivity contribution >= 4 is 17.8 Å². The van der Waals surface area contributed by atoms with E-state index in [4.69, 9.17) is 9.47 Å². The van der Waals surface area contributed by atoms with Crippen molar-refractivity contribution in [1.82, 2.24) is 15.5 Å². The minimum atomic E-state index is -0.687. The third-order valence-corrected chi connectivity index (χ3v) is 5.76. The van der Waals surface area contributed by atoms with Crippen LogP contribution in [0.3, 0.4) is 0 Å². The molecule has 1 aromatic rings. The molecule has 0 bridgehead atoms. The van der Waals surface area contributed by atoms with Crippen LogP contribution in [0.5, 0.6) is 11.5 Å². The van der Waals surface area contributed by atoms with E-state index in [9.17, 15) is 14.4 Å². The summed E-state index contributed by atoms with van der Waals surface area (Å²) in [5.41, 5.74) is 0.239. The molecule has 1 saturated heterocycles. The van der Waals surface area contributed by atoms with Gasteiger partial charge in [0.15, 0.2) is 11.5 Å². The number of urea groups is 1. The number of hydrogen-bond acceptors (Lipinski definition) is 5. The molecule has 2 aliphatic heterocycles. The second kappa shape index (κ2) is 7.33. The number of amides is 4. The van der Waals surface area contributed by atoms with Crippen molar-refractivity contribution in [2.45, 2.75) is 57.0 Å². The Morgan fingerprint density at radius 2 is 2.00 bits per heavy atom. The summed E-state index contributed by atoms with van der Waals surface area (Å²) in [6.07, 6.45) is 4.02. The number of nitrogens with zero attached hydrogens (tertiary/aromatic N) is 1. The van der Waals surface area contributed by atoms with E-state index in [2.05, 4.69) is 10.6 Å². The summed E-state index contributed by atoms with van der Waals surface area (Å²) in [7, 11) is 0. The molecule has 8 nitrogen and oxygen atoms in total. The summed E-state index contributed by atoms with van der Waals surface area (Å²) in [5, 5.41) is 5.80. The molecule has 28 heavy (non-hydrogen) atoms. The molecule has 1 aliphatic carbocycles. The first-order chi connectivity index (χ1) is 13.5. The topological polar surface area (TPSA) is 97.0 Å². The molecule has 1 aromatic carbocycles. The van der Waals surface area contributed by atoms with Gasteiger partial charge in [-0.1, -0.05) is 18.9 Å². The molecule has 2 heterocycles. The molecule has 8 heteroatoms. The van der Waals surface area contributed by atoms with E-state index in [0.29, 0.717) is 30.8 Å². The Morgan fingerprint density at radius 1 is 1.25 bits per heavy atom. The van der Waals surface area contributed by atoms with E-state index < -0.39 is 5.54 Å². The maximum absolute atomic E-state index is 12.6. The fourth-order valence-corrected chi connectivity index (χ4v) is 4.17. The van der Waals surface area contributed by atoms with E-state index in [1.807, 2.05) is 25.1 Å². The fraction of sp³-hybridized carbons (Fsp3) is 0.550. The Balaban J connectivity index is 1.26. The molecule has 1 spiro atoms. The predicted molar refractivity (Wildman–Crippen MR) is 99.8 cm³/mol. The molecule has 2 fully saturated rings. The first kappa shape index (κ1) is 18.6. The van der Waals surface area contributed by atoms with Crippen molar-refractivity contribution in [3.63, 3.8) is 0 Å². The number of carbonyl (C=O) groups excluding carboxylic acids is 3. The Labute approximate surface area is 163 Å². The average Bonchev–Trinajstić information content (AvgIpc) is 3.37. The molecular weight excluding hydrogens is 362 g/mol. The van der Waals surface area contributed by atoms with E-state index in [0.717, 1.165) is 18.4 Å². The lowest BCUT2D eigenvalue weighted by atomic mass is 9.98. The number of ether oxygens (including phenoxy) is 2. The van der Waals surface area contributed by atoms with Gasteiger partial charge < -0.3 is 20.1 Å². The molecule has 3 aliphatic rings. The Hall–Kier alpha value is -2.77. The molecule has 0 aromatic heterocycles. The van der Waals surface area contributed by atoms with Crippen LogP contribution in [0.2, 0.25) is 0 Å². The molecule has 1 atom stereocenters. The number of carbonyl (C=O) groups is 3. The Morgan fingerprint density at radius 3 is 2.79 bits per heavy atom. The highest BCUT2D eigenvalue weighted by atomic mass is 16.7. The highest BCUT2D eigenvalue weighted by molar-refractivity contribution is 6.07. The van der Waals surface area contributed by atoms with E-state index in [1.165, 1.54) is 4.90 Å². The van der Waals surface area contributed by atoms with Crippen molar-refractivity contribution in [3.8, 4) is 11.5 Å². The van der Waals surface area contributed by atoms with Crippen LogP contribution >= 0.6 is 0 Å². The molecule has 1 unspecified atom stereocenters. The summed E-state index contributed by atoms with van der Waals surface area (Å²) in [5.74, 6) is 1.13. The number of benzene rings is 1.